The zero-order valence-electron chi connectivity index (χ0n) is 17.5. The smallest absolute Gasteiger partial charge is 0.289 e. The normalized spacial score (nSPS) is 18.9. The van der Waals surface area contributed by atoms with Crippen LogP contribution in [0.2, 0.25) is 0 Å². The Balaban J connectivity index is 0.00000300. The molecule has 0 radical (unpaired) electrons. The second-order valence-corrected chi connectivity index (χ2v) is 7.48. The van der Waals surface area contributed by atoms with E-state index in [0.717, 1.165) is 25.6 Å². The van der Waals surface area contributed by atoms with Crippen molar-refractivity contribution in [1.82, 2.24) is 15.1 Å². The van der Waals surface area contributed by atoms with Crippen LogP contribution in [-0.4, -0.2) is 73.6 Å². The second-order valence-electron chi connectivity index (χ2n) is 7.48. The zero-order chi connectivity index (χ0) is 19.6. The van der Waals surface area contributed by atoms with Gasteiger partial charge in [0.2, 0.25) is 0 Å². The predicted molar refractivity (Wildman–Crippen MR) is 125 cm³/mol. The number of piperazine rings is 1. The summed E-state index contributed by atoms with van der Waals surface area (Å²) < 4.78 is 11.3. The van der Waals surface area contributed by atoms with Crippen molar-refractivity contribution >= 4 is 35.8 Å². The molecule has 3 rings (SSSR count). The van der Waals surface area contributed by atoms with E-state index >= 15 is 0 Å². The van der Waals surface area contributed by atoms with Crippen molar-refractivity contribution in [2.24, 2.45) is 4.99 Å². The highest BCUT2D eigenvalue weighted by Crippen LogP contribution is 2.19. The highest BCUT2D eigenvalue weighted by molar-refractivity contribution is 14.0. The molecule has 1 aromatic rings. The minimum Gasteiger partial charge on any atom is -0.459 e. The third kappa shape index (κ3) is 7.47. The summed E-state index contributed by atoms with van der Waals surface area (Å²) in [5, 5.41) is 3.37. The number of carbonyl (C=O) groups excluding carboxylic acids is 1. The fourth-order valence-corrected chi connectivity index (χ4v) is 3.88. The van der Waals surface area contributed by atoms with E-state index in [2.05, 4.69) is 17.1 Å². The molecule has 0 unspecified atom stereocenters. The Hall–Kier alpha value is -1.29. The zero-order valence-corrected chi connectivity index (χ0v) is 19.8. The standard InChI is InChI=1S/C21H34N4O3.HI/c1-2-22-21(23-11-17-27-18-8-5-3-4-6-9-18)25-14-12-24(13-15-25)20(26)19-10-7-16-28-19;/h7,10,16,18H,2-6,8-9,11-15,17H2,1H3,(H,22,23);1H. The highest BCUT2D eigenvalue weighted by atomic mass is 127. The summed E-state index contributed by atoms with van der Waals surface area (Å²) in [6, 6.07) is 3.46. The fourth-order valence-electron chi connectivity index (χ4n) is 3.88. The average Bonchev–Trinajstić information content (AvgIpc) is 3.14. The first kappa shape index (κ1) is 24.0. The molecule has 0 bridgehead atoms. The summed E-state index contributed by atoms with van der Waals surface area (Å²) in [6.45, 7) is 7.12. The Labute approximate surface area is 191 Å². The lowest BCUT2D eigenvalue weighted by molar-refractivity contribution is 0.0485. The monoisotopic (exact) mass is 518 g/mol. The topological polar surface area (TPSA) is 70.3 Å². The first-order chi connectivity index (χ1) is 13.8. The van der Waals surface area contributed by atoms with Crippen molar-refractivity contribution in [2.45, 2.75) is 51.6 Å². The van der Waals surface area contributed by atoms with Gasteiger partial charge in [-0.25, -0.2) is 0 Å². The van der Waals surface area contributed by atoms with Gasteiger partial charge in [-0.05, 0) is 31.9 Å². The van der Waals surface area contributed by atoms with Crippen LogP contribution in [0, 0.1) is 0 Å². The lowest BCUT2D eigenvalue weighted by atomic mass is 10.1. The molecule has 29 heavy (non-hydrogen) atoms. The number of guanidine groups is 1. The molecule has 1 saturated carbocycles. The molecule has 1 aliphatic heterocycles. The van der Waals surface area contributed by atoms with Crippen molar-refractivity contribution in [3.05, 3.63) is 24.2 Å². The van der Waals surface area contributed by atoms with Gasteiger partial charge >= 0.3 is 0 Å². The number of ether oxygens (including phenoxy) is 1. The summed E-state index contributed by atoms with van der Waals surface area (Å²) >= 11 is 0. The van der Waals surface area contributed by atoms with Gasteiger partial charge in [0.15, 0.2) is 11.7 Å². The fraction of sp³-hybridized carbons (Fsp3) is 0.714. The maximum Gasteiger partial charge on any atom is 0.289 e. The molecule has 1 aliphatic carbocycles. The number of aliphatic imine (C=N–C) groups is 1. The summed E-state index contributed by atoms with van der Waals surface area (Å²) in [7, 11) is 0. The van der Waals surface area contributed by atoms with Crippen LogP contribution in [0.15, 0.2) is 27.8 Å². The van der Waals surface area contributed by atoms with Gasteiger partial charge in [0.1, 0.15) is 0 Å². The van der Waals surface area contributed by atoms with E-state index in [0.29, 0.717) is 38.1 Å². The molecule has 0 atom stereocenters. The third-order valence-electron chi connectivity index (χ3n) is 5.44. The number of halogens is 1. The SMILES string of the molecule is CCNC(=NCCOC1CCCCCC1)N1CCN(C(=O)c2ccco2)CC1.I. The van der Waals surface area contributed by atoms with Crippen molar-refractivity contribution in [1.29, 1.82) is 0 Å². The number of hydrogen-bond acceptors (Lipinski definition) is 4. The Bertz CT molecular complexity index is 607. The third-order valence-corrected chi connectivity index (χ3v) is 5.44. The first-order valence-corrected chi connectivity index (χ1v) is 10.8. The van der Waals surface area contributed by atoms with Gasteiger partial charge in [-0.1, -0.05) is 25.7 Å². The first-order valence-electron chi connectivity index (χ1n) is 10.8. The number of rotatable bonds is 6. The van der Waals surface area contributed by atoms with E-state index in [-0.39, 0.29) is 29.9 Å². The van der Waals surface area contributed by atoms with Crippen molar-refractivity contribution in [3.8, 4) is 0 Å². The molecular formula is C21H35IN4O3. The van der Waals surface area contributed by atoms with Crippen molar-refractivity contribution in [2.75, 3.05) is 45.9 Å². The number of carbonyl (C=O) groups is 1. The number of furan rings is 1. The second kappa shape index (κ2) is 13.1. The Kier molecular flexibility index (Phi) is 10.8. The van der Waals surface area contributed by atoms with Gasteiger partial charge in [0.05, 0.1) is 25.5 Å². The number of amides is 1. The van der Waals surface area contributed by atoms with Crippen molar-refractivity contribution in [3.63, 3.8) is 0 Å². The molecule has 0 spiro atoms. The quantitative estimate of drug-likeness (QED) is 0.206. The number of hydrogen-bond donors (Lipinski definition) is 1. The molecule has 0 aromatic carbocycles. The molecular weight excluding hydrogens is 483 g/mol. The van der Waals surface area contributed by atoms with Gasteiger partial charge in [-0.3, -0.25) is 9.79 Å². The van der Waals surface area contributed by atoms with E-state index in [9.17, 15) is 4.79 Å². The minimum absolute atomic E-state index is 0. The van der Waals surface area contributed by atoms with Crippen LogP contribution in [0.1, 0.15) is 56.0 Å². The summed E-state index contributed by atoms with van der Waals surface area (Å²) in [5.41, 5.74) is 0. The molecule has 2 aliphatic rings. The van der Waals surface area contributed by atoms with Gasteiger partial charge in [-0.2, -0.15) is 0 Å². The van der Waals surface area contributed by atoms with E-state index in [1.54, 1.807) is 12.1 Å². The van der Waals surface area contributed by atoms with Gasteiger partial charge in [-0.15, -0.1) is 24.0 Å². The Morgan fingerprint density at radius 1 is 1.17 bits per heavy atom. The molecule has 164 valence electrons. The Morgan fingerprint density at radius 2 is 1.86 bits per heavy atom. The highest BCUT2D eigenvalue weighted by Gasteiger charge is 2.25. The van der Waals surface area contributed by atoms with Gasteiger partial charge in [0, 0.05) is 32.7 Å². The average molecular weight is 518 g/mol. The minimum atomic E-state index is -0.0385. The summed E-state index contributed by atoms with van der Waals surface area (Å²) in [6.07, 6.45) is 9.60. The Morgan fingerprint density at radius 3 is 2.48 bits per heavy atom. The van der Waals surface area contributed by atoms with E-state index in [4.69, 9.17) is 14.1 Å². The molecule has 1 amide bonds. The van der Waals surface area contributed by atoms with Gasteiger partial charge in [0.25, 0.3) is 5.91 Å². The van der Waals surface area contributed by atoms with Crippen LogP contribution >= 0.6 is 24.0 Å². The van der Waals surface area contributed by atoms with E-state index in [1.807, 2.05) is 4.90 Å². The molecule has 1 saturated heterocycles. The number of nitrogens with zero attached hydrogens (tertiary/aromatic N) is 3. The van der Waals surface area contributed by atoms with E-state index < -0.39 is 0 Å². The largest absolute Gasteiger partial charge is 0.459 e. The van der Waals surface area contributed by atoms with Crippen molar-refractivity contribution < 1.29 is 13.9 Å². The van der Waals surface area contributed by atoms with E-state index in [1.165, 1.54) is 44.8 Å². The maximum atomic E-state index is 12.4. The van der Waals surface area contributed by atoms with Crippen LogP contribution in [0.5, 0.6) is 0 Å². The molecule has 1 N–H and O–H groups in total. The summed E-state index contributed by atoms with van der Waals surface area (Å²) in [5.74, 6) is 1.28. The van der Waals surface area contributed by atoms with Crippen LogP contribution in [0.25, 0.3) is 0 Å². The van der Waals surface area contributed by atoms with Gasteiger partial charge < -0.3 is 24.3 Å². The van der Waals surface area contributed by atoms with Crippen LogP contribution in [-0.2, 0) is 4.74 Å². The molecule has 2 fully saturated rings. The van der Waals surface area contributed by atoms with Crippen LogP contribution in [0.3, 0.4) is 0 Å². The molecule has 7 nitrogen and oxygen atoms in total. The molecule has 2 heterocycles. The molecule has 1 aromatic heterocycles. The van der Waals surface area contributed by atoms with Crippen LogP contribution in [0.4, 0.5) is 0 Å². The maximum absolute atomic E-state index is 12.4. The lowest BCUT2D eigenvalue weighted by Crippen LogP contribution is -2.53. The number of nitrogens with one attached hydrogen (secondary N) is 1. The van der Waals surface area contributed by atoms with Crippen LogP contribution < -0.4 is 5.32 Å². The lowest BCUT2D eigenvalue weighted by Gasteiger charge is -2.36. The predicted octanol–water partition coefficient (Wildman–Crippen LogP) is 3.36. The molecule has 8 heteroatoms. The summed E-state index contributed by atoms with van der Waals surface area (Å²) in [4.78, 5) is 21.2.